The van der Waals surface area contributed by atoms with Crippen molar-refractivity contribution >= 4 is 22.9 Å². The highest BCUT2D eigenvalue weighted by Gasteiger charge is 2.28. The maximum Gasteiger partial charge on any atom is 0.321 e. The molecule has 1 aliphatic heterocycles. The highest BCUT2D eigenvalue weighted by molar-refractivity contribution is 5.89. The monoisotopic (exact) mass is 407 g/mol. The highest BCUT2D eigenvalue weighted by Crippen LogP contribution is 2.24. The molecule has 158 valence electrons. The molecule has 1 atom stereocenters. The van der Waals surface area contributed by atoms with Crippen LogP contribution in [0.2, 0.25) is 0 Å². The van der Waals surface area contributed by atoms with Crippen LogP contribution in [0.15, 0.2) is 42.6 Å². The summed E-state index contributed by atoms with van der Waals surface area (Å²) in [6.45, 7) is 6.81. The first kappa shape index (κ1) is 20.2. The number of hydrogen-bond donors (Lipinski definition) is 1. The Balaban J connectivity index is 1.41. The zero-order valence-corrected chi connectivity index (χ0v) is 17.8. The minimum atomic E-state index is -0.0555. The molecule has 7 nitrogen and oxygen atoms in total. The van der Waals surface area contributed by atoms with Crippen LogP contribution in [-0.2, 0) is 13.0 Å². The van der Waals surface area contributed by atoms with E-state index in [-0.39, 0.29) is 6.03 Å². The number of carbonyl (C=O) groups excluding carboxylic acids is 1. The van der Waals surface area contributed by atoms with Gasteiger partial charge in [0.15, 0.2) is 5.65 Å². The summed E-state index contributed by atoms with van der Waals surface area (Å²) in [6, 6.07) is 11.3. The van der Waals surface area contributed by atoms with Crippen LogP contribution in [0.4, 0.5) is 10.5 Å². The summed E-state index contributed by atoms with van der Waals surface area (Å²) in [4.78, 5) is 24.0. The third-order valence-corrected chi connectivity index (χ3v) is 5.52. The molecule has 0 radical (unpaired) electrons. The van der Waals surface area contributed by atoms with Gasteiger partial charge in [0.1, 0.15) is 17.1 Å². The molecule has 0 saturated carbocycles. The van der Waals surface area contributed by atoms with E-state index in [4.69, 9.17) is 9.72 Å². The average molecular weight is 408 g/mol. The van der Waals surface area contributed by atoms with Gasteiger partial charge in [0.2, 0.25) is 0 Å². The molecule has 0 unspecified atom stereocenters. The van der Waals surface area contributed by atoms with E-state index in [2.05, 4.69) is 28.7 Å². The van der Waals surface area contributed by atoms with Crippen molar-refractivity contribution in [3.8, 4) is 5.75 Å². The molecule has 3 heterocycles. The Hall–Kier alpha value is -3.09. The molecule has 2 amide bonds. The fourth-order valence-electron chi connectivity index (χ4n) is 4.04. The van der Waals surface area contributed by atoms with Crippen molar-refractivity contribution in [2.45, 2.75) is 33.2 Å². The Morgan fingerprint density at radius 2 is 2.07 bits per heavy atom. The molecule has 1 saturated heterocycles. The quantitative estimate of drug-likeness (QED) is 0.665. The van der Waals surface area contributed by atoms with E-state index in [0.29, 0.717) is 11.8 Å². The van der Waals surface area contributed by atoms with Crippen LogP contribution in [0, 0.1) is 11.8 Å². The van der Waals surface area contributed by atoms with Gasteiger partial charge in [-0.2, -0.15) is 0 Å². The van der Waals surface area contributed by atoms with E-state index in [1.54, 1.807) is 7.11 Å². The van der Waals surface area contributed by atoms with Crippen LogP contribution < -0.4 is 10.1 Å². The molecule has 30 heavy (non-hydrogen) atoms. The number of benzene rings is 1. The van der Waals surface area contributed by atoms with Gasteiger partial charge in [-0.1, -0.05) is 13.8 Å². The van der Waals surface area contributed by atoms with Gasteiger partial charge in [-0.15, -0.1) is 0 Å². The average Bonchev–Trinajstić information content (AvgIpc) is 3.34. The van der Waals surface area contributed by atoms with Crippen molar-refractivity contribution in [2.75, 3.05) is 25.5 Å². The number of imidazole rings is 1. The highest BCUT2D eigenvalue weighted by atomic mass is 16.5. The molecule has 0 bridgehead atoms. The molecule has 0 aliphatic carbocycles. The number of nitrogens with zero attached hydrogens (tertiary/aromatic N) is 4. The fourth-order valence-corrected chi connectivity index (χ4v) is 4.04. The number of ether oxygens (including phenoxy) is 1. The van der Waals surface area contributed by atoms with E-state index in [0.717, 1.165) is 60.9 Å². The maximum absolute atomic E-state index is 12.7. The van der Waals surface area contributed by atoms with Crippen molar-refractivity contribution in [3.63, 3.8) is 0 Å². The molecule has 1 fully saturated rings. The number of rotatable bonds is 6. The third-order valence-electron chi connectivity index (χ3n) is 5.52. The number of aromatic nitrogens is 3. The predicted molar refractivity (Wildman–Crippen MR) is 118 cm³/mol. The molecule has 3 aromatic rings. The van der Waals surface area contributed by atoms with Crippen molar-refractivity contribution in [1.82, 2.24) is 19.4 Å². The normalized spacial score (nSPS) is 16.4. The molecule has 1 aliphatic rings. The lowest BCUT2D eigenvalue weighted by Crippen LogP contribution is -2.33. The third kappa shape index (κ3) is 4.40. The van der Waals surface area contributed by atoms with Crippen molar-refractivity contribution < 1.29 is 9.53 Å². The zero-order chi connectivity index (χ0) is 21.1. The Labute approximate surface area is 177 Å². The van der Waals surface area contributed by atoms with Crippen LogP contribution in [-0.4, -0.2) is 45.7 Å². The van der Waals surface area contributed by atoms with Crippen molar-refractivity contribution in [2.24, 2.45) is 11.8 Å². The second kappa shape index (κ2) is 8.73. The number of urea groups is 1. The number of likely N-dealkylation sites (tertiary alicyclic amines) is 1. The summed E-state index contributed by atoms with van der Waals surface area (Å²) in [5, 5.41) is 2.98. The number of pyridine rings is 1. The zero-order valence-electron chi connectivity index (χ0n) is 17.8. The summed E-state index contributed by atoms with van der Waals surface area (Å²) >= 11 is 0. The lowest BCUT2D eigenvalue weighted by Gasteiger charge is -2.18. The minimum Gasteiger partial charge on any atom is -0.497 e. The Bertz CT molecular complexity index is 1010. The number of amides is 2. The first-order valence-electron chi connectivity index (χ1n) is 10.5. The van der Waals surface area contributed by atoms with Gasteiger partial charge in [-0.3, -0.25) is 0 Å². The molecule has 0 spiro atoms. The lowest BCUT2D eigenvalue weighted by atomic mass is 10.0. The summed E-state index contributed by atoms with van der Waals surface area (Å²) < 4.78 is 7.41. The number of carbonyl (C=O) groups is 1. The molecule has 7 heteroatoms. The summed E-state index contributed by atoms with van der Waals surface area (Å²) in [5.74, 6) is 2.75. The van der Waals surface area contributed by atoms with Gasteiger partial charge in [0.25, 0.3) is 0 Å². The molecular weight excluding hydrogens is 378 g/mol. The van der Waals surface area contributed by atoms with E-state index in [1.165, 1.54) is 0 Å². The summed E-state index contributed by atoms with van der Waals surface area (Å²) in [5.41, 5.74) is 2.67. The predicted octanol–water partition coefficient (Wildman–Crippen LogP) is 4.19. The van der Waals surface area contributed by atoms with Crippen LogP contribution in [0.1, 0.15) is 26.1 Å². The number of nitrogens with one attached hydrogen (secondary N) is 1. The van der Waals surface area contributed by atoms with Gasteiger partial charge < -0.3 is 19.5 Å². The Morgan fingerprint density at radius 3 is 2.80 bits per heavy atom. The SMILES string of the molecule is COc1ccc(NC(=O)N2CC[C@@H](Cc3nc4cccnc4n3CC(C)C)C2)cc1. The molecule has 2 aromatic heterocycles. The Kier molecular flexibility index (Phi) is 5.88. The second-order valence-electron chi connectivity index (χ2n) is 8.34. The smallest absolute Gasteiger partial charge is 0.321 e. The fraction of sp³-hybridized carbons (Fsp3) is 0.435. The molecule has 4 rings (SSSR count). The molecule has 1 N–H and O–H groups in total. The first-order valence-corrected chi connectivity index (χ1v) is 10.5. The van der Waals surface area contributed by atoms with E-state index >= 15 is 0 Å². The number of fused-ring (bicyclic) bond motifs is 1. The minimum absolute atomic E-state index is 0.0555. The second-order valence-corrected chi connectivity index (χ2v) is 8.34. The van der Waals surface area contributed by atoms with Crippen LogP contribution >= 0.6 is 0 Å². The molecular formula is C23H29N5O2. The van der Waals surface area contributed by atoms with Crippen molar-refractivity contribution in [1.29, 1.82) is 0 Å². The van der Waals surface area contributed by atoms with E-state index < -0.39 is 0 Å². The number of hydrogen-bond acceptors (Lipinski definition) is 4. The first-order chi connectivity index (χ1) is 14.5. The van der Waals surface area contributed by atoms with Gasteiger partial charge in [0, 0.05) is 37.9 Å². The summed E-state index contributed by atoms with van der Waals surface area (Å²) in [7, 11) is 1.63. The van der Waals surface area contributed by atoms with Gasteiger partial charge in [0.05, 0.1) is 7.11 Å². The van der Waals surface area contributed by atoms with Crippen LogP contribution in [0.5, 0.6) is 5.75 Å². The summed E-state index contributed by atoms with van der Waals surface area (Å²) in [6.07, 6.45) is 3.66. The van der Waals surface area contributed by atoms with Gasteiger partial charge >= 0.3 is 6.03 Å². The maximum atomic E-state index is 12.7. The van der Waals surface area contributed by atoms with Gasteiger partial charge in [-0.25, -0.2) is 14.8 Å². The van der Waals surface area contributed by atoms with Crippen molar-refractivity contribution in [3.05, 3.63) is 48.4 Å². The topological polar surface area (TPSA) is 72.3 Å². The van der Waals surface area contributed by atoms with Crippen LogP contribution in [0.25, 0.3) is 11.2 Å². The standard InChI is InChI=1S/C23H29N5O2/c1-16(2)14-28-21(26-20-5-4-11-24-22(20)28)13-17-10-12-27(15-17)23(29)25-18-6-8-19(30-3)9-7-18/h4-9,11,16-17H,10,12-15H2,1-3H3,(H,25,29)/t17-/m0/s1. The van der Waals surface area contributed by atoms with E-state index in [9.17, 15) is 4.79 Å². The van der Waals surface area contributed by atoms with E-state index in [1.807, 2.05) is 47.5 Å². The van der Waals surface area contributed by atoms with Gasteiger partial charge in [-0.05, 0) is 54.7 Å². The Morgan fingerprint density at radius 1 is 1.27 bits per heavy atom. The number of methoxy groups -OCH3 is 1. The largest absolute Gasteiger partial charge is 0.497 e. The van der Waals surface area contributed by atoms with Crippen LogP contribution in [0.3, 0.4) is 0 Å². The number of anilines is 1. The lowest BCUT2D eigenvalue weighted by molar-refractivity contribution is 0.220. The molecule has 1 aromatic carbocycles.